The summed E-state index contributed by atoms with van der Waals surface area (Å²) in [6.07, 6.45) is -2.67. The van der Waals surface area contributed by atoms with Crippen LogP contribution in [0.4, 0.5) is 17.6 Å². The number of carboxylic acid groups (broad SMARTS) is 1. The molecule has 0 aliphatic heterocycles. The topological polar surface area (TPSA) is 72.2 Å². The molecule has 0 saturated carbocycles. The van der Waals surface area contributed by atoms with Gasteiger partial charge in [-0.2, -0.15) is 23.0 Å². The van der Waals surface area contributed by atoms with E-state index in [4.69, 9.17) is 11.6 Å². The van der Waals surface area contributed by atoms with Crippen LogP contribution in [0.15, 0.2) is 42.5 Å². The summed E-state index contributed by atoms with van der Waals surface area (Å²) in [5.74, 6) is -3.50. The average molecular weight is 495 g/mol. The van der Waals surface area contributed by atoms with Crippen molar-refractivity contribution in [2.45, 2.75) is 32.9 Å². The second-order valence-corrected chi connectivity index (χ2v) is 9.19. The molecule has 0 fully saturated rings. The fraction of sp³-hybridized carbons (Fsp3) is 0.292. The fourth-order valence-electron chi connectivity index (χ4n) is 4.51. The highest BCUT2D eigenvalue weighted by molar-refractivity contribution is 6.34. The molecule has 10 heteroatoms. The molecule has 0 unspecified atom stereocenters. The van der Waals surface area contributed by atoms with Crippen molar-refractivity contribution in [3.63, 3.8) is 0 Å². The third kappa shape index (κ3) is 3.98. The molecule has 3 aromatic rings. The van der Waals surface area contributed by atoms with Gasteiger partial charge in [0, 0.05) is 0 Å². The predicted octanol–water partition coefficient (Wildman–Crippen LogP) is 6.44. The van der Waals surface area contributed by atoms with Gasteiger partial charge >= 0.3 is 12.1 Å². The highest BCUT2D eigenvalue weighted by Crippen LogP contribution is 2.44. The number of halogens is 5. The van der Waals surface area contributed by atoms with Crippen LogP contribution in [0.5, 0.6) is 0 Å². The normalized spacial score (nSPS) is 18.1. The fourth-order valence-corrected chi connectivity index (χ4v) is 4.77. The number of carbonyl (C=O) groups excluding carboxylic acids is 1. The van der Waals surface area contributed by atoms with Gasteiger partial charge in [0.2, 0.25) is 0 Å². The molecule has 4 rings (SSSR count). The van der Waals surface area contributed by atoms with Gasteiger partial charge in [-0.1, -0.05) is 43.7 Å². The van der Waals surface area contributed by atoms with Crippen molar-refractivity contribution in [1.29, 1.82) is 0 Å². The summed E-state index contributed by atoms with van der Waals surface area (Å²) in [6, 6.07) is 6.85. The zero-order valence-corrected chi connectivity index (χ0v) is 18.8. The number of nitrogens with zero attached hydrogens (tertiary/aromatic N) is 2. The summed E-state index contributed by atoms with van der Waals surface area (Å²) in [5.41, 5.74) is -2.24. The Morgan fingerprint density at radius 1 is 1.18 bits per heavy atom. The molecule has 0 spiro atoms. The summed E-state index contributed by atoms with van der Waals surface area (Å²) in [6.45, 7) is 3.45. The number of benzene rings is 2. The maximum Gasteiger partial charge on any atom is 0.417 e. The van der Waals surface area contributed by atoms with E-state index in [2.05, 4.69) is 5.10 Å². The Kier molecular flexibility index (Phi) is 5.80. The minimum Gasteiger partial charge on any atom is -0.481 e. The number of aromatic nitrogens is 2. The first-order chi connectivity index (χ1) is 15.8. The van der Waals surface area contributed by atoms with Gasteiger partial charge in [-0.15, -0.1) is 0 Å². The van der Waals surface area contributed by atoms with Crippen molar-refractivity contribution in [3.05, 3.63) is 70.1 Å². The summed E-state index contributed by atoms with van der Waals surface area (Å²) < 4.78 is 56.5. The quantitative estimate of drug-likeness (QED) is 0.425. The minimum absolute atomic E-state index is 0.0212. The van der Waals surface area contributed by atoms with E-state index in [0.29, 0.717) is 5.57 Å². The average Bonchev–Trinajstić information content (AvgIpc) is 3.12. The van der Waals surface area contributed by atoms with Crippen LogP contribution in [0, 0.1) is 17.2 Å². The van der Waals surface area contributed by atoms with Gasteiger partial charge in [-0.25, -0.2) is 4.39 Å². The van der Waals surface area contributed by atoms with Gasteiger partial charge in [0.25, 0.3) is 5.91 Å². The third-order valence-electron chi connectivity index (χ3n) is 6.13. The van der Waals surface area contributed by atoms with Crippen LogP contribution in [-0.4, -0.2) is 26.8 Å². The van der Waals surface area contributed by atoms with Gasteiger partial charge in [0.15, 0.2) is 0 Å². The van der Waals surface area contributed by atoms with E-state index in [1.54, 1.807) is 19.9 Å². The third-order valence-corrected chi connectivity index (χ3v) is 6.45. The van der Waals surface area contributed by atoms with Crippen LogP contribution in [0.25, 0.3) is 16.5 Å². The van der Waals surface area contributed by atoms with Crippen LogP contribution in [0.2, 0.25) is 5.02 Å². The molecule has 1 heterocycles. The maximum absolute atomic E-state index is 14.9. The molecule has 5 nitrogen and oxygen atoms in total. The second kappa shape index (κ2) is 8.23. The summed E-state index contributed by atoms with van der Waals surface area (Å²) in [5, 5.41) is 13.3. The Hall–Kier alpha value is -3.20. The van der Waals surface area contributed by atoms with Crippen molar-refractivity contribution in [2.24, 2.45) is 11.3 Å². The number of hydrogen-bond donors (Lipinski definition) is 1. The lowest BCUT2D eigenvalue weighted by atomic mass is 9.70. The molecule has 1 aliphatic carbocycles. The Labute approximate surface area is 196 Å². The summed E-state index contributed by atoms with van der Waals surface area (Å²) in [4.78, 5) is 24.9. The number of alkyl halides is 3. The lowest BCUT2D eigenvalue weighted by Gasteiger charge is -2.33. The Balaban J connectivity index is 1.94. The first kappa shape index (κ1) is 23.9. The molecule has 0 bridgehead atoms. The van der Waals surface area contributed by atoms with E-state index in [0.717, 1.165) is 28.9 Å². The van der Waals surface area contributed by atoms with E-state index in [1.165, 1.54) is 12.1 Å². The maximum atomic E-state index is 14.9. The second-order valence-electron chi connectivity index (χ2n) is 8.78. The van der Waals surface area contributed by atoms with E-state index in [-0.39, 0.29) is 29.4 Å². The van der Waals surface area contributed by atoms with E-state index < -0.39 is 51.4 Å². The molecule has 0 amide bonds. The van der Waals surface area contributed by atoms with Gasteiger partial charge in [-0.3, -0.25) is 9.59 Å². The molecule has 0 saturated heterocycles. The number of aliphatic carboxylic acids is 1. The SMILES string of the molecule is CC1(C)C=C(c2nn(C(=O)c3c(Cl)cccc3C(F)(F)F)c3cccc(F)c23)CC[C@@H]1C(=O)O. The molecular weight excluding hydrogens is 476 g/mol. The van der Waals surface area contributed by atoms with Crippen LogP contribution in [0.3, 0.4) is 0 Å². The van der Waals surface area contributed by atoms with Crippen molar-refractivity contribution >= 4 is 40.0 Å². The number of carboxylic acids is 1. The molecule has 1 aromatic heterocycles. The largest absolute Gasteiger partial charge is 0.481 e. The zero-order chi connectivity index (χ0) is 25.0. The zero-order valence-electron chi connectivity index (χ0n) is 18.1. The van der Waals surface area contributed by atoms with Crippen LogP contribution in [0.1, 0.15) is 48.3 Å². The molecule has 34 heavy (non-hydrogen) atoms. The Morgan fingerprint density at radius 2 is 1.85 bits per heavy atom. The summed E-state index contributed by atoms with van der Waals surface area (Å²) >= 11 is 6.00. The monoisotopic (exact) mass is 494 g/mol. The number of hydrogen-bond acceptors (Lipinski definition) is 3. The summed E-state index contributed by atoms with van der Waals surface area (Å²) in [7, 11) is 0. The highest BCUT2D eigenvalue weighted by Gasteiger charge is 2.39. The Bertz CT molecular complexity index is 1360. The number of fused-ring (bicyclic) bond motifs is 1. The molecule has 178 valence electrons. The van der Waals surface area contributed by atoms with Gasteiger partial charge < -0.3 is 5.11 Å². The van der Waals surface area contributed by atoms with Crippen molar-refractivity contribution in [2.75, 3.05) is 0 Å². The molecule has 1 aliphatic rings. The first-order valence-electron chi connectivity index (χ1n) is 10.4. The van der Waals surface area contributed by atoms with E-state index in [9.17, 15) is 32.3 Å². The molecule has 1 N–H and O–H groups in total. The highest BCUT2D eigenvalue weighted by atomic mass is 35.5. The van der Waals surface area contributed by atoms with E-state index in [1.807, 2.05) is 0 Å². The van der Waals surface area contributed by atoms with Crippen LogP contribution in [-0.2, 0) is 11.0 Å². The molecule has 0 radical (unpaired) electrons. The number of allylic oxidation sites excluding steroid dienone is 2. The number of carbonyl (C=O) groups is 2. The van der Waals surface area contributed by atoms with Crippen molar-refractivity contribution in [3.8, 4) is 0 Å². The first-order valence-corrected chi connectivity index (χ1v) is 10.7. The standard InChI is InChI=1S/C24H19ClF4N2O3/c1-23(2)11-12(9-10-14(23)22(33)34)20-19-16(26)7-4-8-17(19)31(30-20)21(32)18-13(24(27,28)29)5-3-6-15(18)25/h3-8,11,14H,9-10H2,1-2H3,(H,33,34)/t14-/m1/s1. The van der Waals surface area contributed by atoms with Gasteiger partial charge in [0.1, 0.15) is 5.82 Å². The smallest absolute Gasteiger partial charge is 0.417 e. The van der Waals surface area contributed by atoms with Crippen LogP contribution < -0.4 is 0 Å². The van der Waals surface area contributed by atoms with Crippen LogP contribution >= 0.6 is 11.6 Å². The van der Waals surface area contributed by atoms with Crippen molar-refractivity contribution < 1.29 is 32.3 Å². The minimum atomic E-state index is -4.85. The van der Waals surface area contributed by atoms with Gasteiger partial charge in [-0.05, 0) is 48.1 Å². The molecule has 2 aromatic carbocycles. The number of rotatable bonds is 3. The van der Waals surface area contributed by atoms with Crippen molar-refractivity contribution in [1.82, 2.24) is 9.78 Å². The lowest BCUT2D eigenvalue weighted by Crippen LogP contribution is -2.32. The Morgan fingerprint density at radius 3 is 2.47 bits per heavy atom. The van der Waals surface area contributed by atoms with E-state index >= 15 is 0 Å². The van der Waals surface area contributed by atoms with Gasteiger partial charge in [0.05, 0.1) is 38.7 Å². The predicted molar refractivity (Wildman–Crippen MR) is 118 cm³/mol. The molecular formula is C24H19ClF4N2O3. The molecule has 1 atom stereocenters. The lowest BCUT2D eigenvalue weighted by molar-refractivity contribution is -0.145.